The Balaban J connectivity index is 2.81. The number of thiocarbonyl (C=S) groups is 1. The van der Waals surface area contributed by atoms with Crippen LogP contribution < -0.4 is 9.47 Å². The SMILES string of the molecule is CCCCOc1ccc(/C=C/C(=O)N=C=S)cc1OC. The summed E-state index contributed by atoms with van der Waals surface area (Å²) in [4.78, 5) is 14.5. The van der Waals surface area contributed by atoms with Crippen LogP contribution in [0.5, 0.6) is 11.5 Å². The lowest BCUT2D eigenvalue weighted by Gasteiger charge is -2.10. The number of unbranched alkanes of at least 4 members (excludes halogenated alkanes) is 1. The quantitative estimate of drug-likeness (QED) is 0.334. The van der Waals surface area contributed by atoms with Gasteiger partial charge in [0.2, 0.25) is 0 Å². The molecule has 0 aliphatic carbocycles. The van der Waals surface area contributed by atoms with Gasteiger partial charge in [-0.2, -0.15) is 4.99 Å². The summed E-state index contributed by atoms with van der Waals surface area (Å²) in [7, 11) is 1.58. The lowest BCUT2D eigenvalue weighted by atomic mass is 10.2. The Kier molecular flexibility index (Phi) is 7.25. The fourth-order valence-corrected chi connectivity index (χ4v) is 1.57. The lowest BCUT2D eigenvalue weighted by Crippen LogP contribution is -1.98. The first-order valence-electron chi connectivity index (χ1n) is 6.32. The Labute approximate surface area is 124 Å². The summed E-state index contributed by atoms with van der Waals surface area (Å²) in [6.45, 7) is 2.76. The maximum atomic E-state index is 11.2. The molecule has 0 atom stereocenters. The monoisotopic (exact) mass is 291 g/mol. The molecule has 0 aliphatic heterocycles. The van der Waals surface area contributed by atoms with Gasteiger partial charge in [-0.05, 0) is 42.4 Å². The van der Waals surface area contributed by atoms with Gasteiger partial charge in [-0.15, -0.1) is 0 Å². The van der Waals surface area contributed by atoms with Crippen LogP contribution in [0.15, 0.2) is 29.3 Å². The molecule has 0 radical (unpaired) electrons. The van der Waals surface area contributed by atoms with E-state index in [2.05, 4.69) is 24.1 Å². The highest BCUT2D eigenvalue weighted by molar-refractivity contribution is 7.78. The van der Waals surface area contributed by atoms with Gasteiger partial charge >= 0.3 is 0 Å². The van der Waals surface area contributed by atoms with Crippen LogP contribution in [0.4, 0.5) is 0 Å². The van der Waals surface area contributed by atoms with E-state index >= 15 is 0 Å². The molecule has 4 nitrogen and oxygen atoms in total. The van der Waals surface area contributed by atoms with Gasteiger partial charge < -0.3 is 9.47 Å². The van der Waals surface area contributed by atoms with E-state index in [0.29, 0.717) is 18.1 Å². The molecule has 0 aliphatic rings. The molecule has 0 bridgehead atoms. The van der Waals surface area contributed by atoms with Crippen LogP contribution in [0.3, 0.4) is 0 Å². The van der Waals surface area contributed by atoms with Gasteiger partial charge in [0.25, 0.3) is 5.91 Å². The molecule has 1 aromatic rings. The van der Waals surface area contributed by atoms with Crippen LogP contribution in [-0.2, 0) is 4.79 Å². The van der Waals surface area contributed by atoms with Gasteiger partial charge in [0.15, 0.2) is 11.5 Å². The highest BCUT2D eigenvalue weighted by Gasteiger charge is 2.04. The van der Waals surface area contributed by atoms with E-state index in [0.717, 1.165) is 18.4 Å². The number of rotatable bonds is 7. The lowest BCUT2D eigenvalue weighted by molar-refractivity contribution is -0.113. The van der Waals surface area contributed by atoms with Gasteiger partial charge in [-0.1, -0.05) is 19.4 Å². The minimum atomic E-state index is -0.442. The molecule has 0 saturated carbocycles. The molecule has 0 unspecified atom stereocenters. The van der Waals surface area contributed by atoms with Crippen LogP contribution in [0.25, 0.3) is 6.08 Å². The maximum absolute atomic E-state index is 11.2. The largest absolute Gasteiger partial charge is 0.493 e. The summed E-state index contributed by atoms with van der Waals surface area (Å²) >= 11 is 4.36. The first-order chi connectivity index (χ1) is 9.71. The Bertz CT molecular complexity index is 534. The maximum Gasteiger partial charge on any atom is 0.278 e. The molecule has 1 aromatic carbocycles. The second-order valence-electron chi connectivity index (χ2n) is 3.99. The highest BCUT2D eigenvalue weighted by Crippen LogP contribution is 2.28. The molecule has 0 spiro atoms. The fraction of sp³-hybridized carbons (Fsp3) is 0.333. The molecule has 0 fully saturated rings. The zero-order chi connectivity index (χ0) is 14.8. The molecule has 0 N–H and O–H groups in total. The summed E-state index contributed by atoms with van der Waals surface area (Å²) in [6, 6.07) is 5.46. The van der Waals surface area contributed by atoms with E-state index in [1.54, 1.807) is 19.3 Å². The van der Waals surface area contributed by atoms with Crippen molar-refractivity contribution in [3.05, 3.63) is 29.8 Å². The van der Waals surface area contributed by atoms with Gasteiger partial charge in [-0.25, -0.2) is 0 Å². The summed E-state index contributed by atoms with van der Waals surface area (Å²) in [5, 5.41) is 2.03. The van der Waals surface area contributed by atoms with Crippen LogP contribution in [0.1, 0.15) is 25.3 Å². The molecule has 20 heavy (non-hydrogen) atoms. The summed E-state index contributed by atoms with van der Waals surface area (Å²) in [5.41, 5.74) is 0.817. The number of benzene rings is 1. The smallest absolute Gasteiger partial charge is 0.278 e. The summed E-state index contributed by atoms with van der Waals surface area (Å²) in [5.74, 6) is 0.887. The highest BCUT2D eigenvalue weighted by atomic mass is 32.1. The van der Waals surface area contributed by atoms with Crippen LogP contribution >= 0.6 is 12.2 Å². The van der Waals surface area contributed by atoms with Crippen molar-refractivity contribution < 1.29 is 14.3 Å². The molecule has 1 amide bonds. The zero-order valence-corrected chi connectivity index (χ0v) is 12.4. The van der Waals surface area contributed by atoms with Gasteiger partial charge in [0.1, 0.15) is 0 Å². The van der Waals surface area contributed by atoms with E-state index in [9.17, 15) is 4.79 Å². The number of hydrogen-bond acceptors (Lipinski definition) is 4. The summed E-state index contributed by atoms with van der Waals surface area (Å²) < 4.78 is 10.9. The van der Waals surface area contributed by atoms with Crippen molar-refractivity contribution in [2.24, 2.45) is 4.99 Å². The van der Waals surface area contributed by atoms with Gasteiger partial charge in [0, 0.05) is 6.08 Å². The van der Waals surface area contributed by atoms with Gasteiger partial charge in [0.05, 0.1) is 18.9 Å². The molecule has 0 saturated heterocycles. The van der Waals surface area contributed by atoms with Crippen molar-refractivity contribution in [2.45, 2.75) is 19.8 Å². The number of nitrogens with zero attached hydrogens (tertiary/aromatic N) is 1. The molecular formula is C15H17NO3S. The fourth-order valence-electron chi connectivity index (χ4n) is 1.48. The predicted molar refractivity (Wildman–Crippen MR) is 82.5 cm³/mol. The number of hydrogen-bond donors (Lipinski definition) is 0. The van der Waals surface area contributed by atoms with Crippen LogP contribution in [0, 0.1) is 0 Å². The molecular weight excluding hydrogens is 274 g/mol. The first-order valence-corrected chi connectivity index (χ1v) is 6.72. The second-order valence-corrected chi connectivity index (χ2v) is 4.17. The Morgan fingerprint density at radius 3 is 2.90 bits per heavy atom. The second kappa shape index (κ2) is 9.02. The van der Waals surface area contributed by atoms with Crippen molar-refractivity contribution in [3.63, 3.8) is 0 Å². The molecule has 0 aromatic heterocycles. The topological polar surface area (TPSA) is 47.9 Å². The van der Waals surface area contributed by atoms with E-state index < -0.39 is 5.91 Å². The average molecular weight is 291 g/mol. The third-order valence-electron chi connectivity index (χ3n) is 2.52. The van der Waals surface area contributed by atoms with Crippen molar-refractivity contribution in [2.75, 3.05) is 13.7 Å². The van der Waals surface area contributed by atoms with Crippen molar-refractivity contribution in [1.29, 1.82) is 0 Å². The van der Waals surface area contributed by atoms with E-state index in [4.69, 9.17) is 9.47 Å². The number of carbonyl (C=O) groups excluding carboxylic acids is 1. The first kappa shape index (κ1) is 16.1. The van der Waals surface area contributed by atoms with Crippen LogP contribution in [-0.4, -0.2) is 24.8 Å². The van der Waals surface area contributed by atoms with Crippen molar-refractivity contribution in [1.82, 2.24) is 0 Å². The zero-order valence-electron chi connectivity index (χ0n) is 11.6. The van der Waals surface area contributed by atoms with Crippen molar-refractivity contribution >= 4 is 29.4 Å². The number of ether oxygens (including phenoxy) is 2. The van der Waals surface area contributed by atoms with E-state index in [1.807, 2.05) is 17.3 Å². The molecule has 1 rings (SSSR count). The van der Waals surface area contributed by atoms with E-state index in [1.165, 1.54) is 6.08 Å². The Morgan fingerprint density at radius 1 is 1.45 bits per heavy atom. The third-order valence-corrected chi connectivity index (χ3v) is 2.61. The minimum absolute atomic E-state index is 0.442. The molecule has 0 heterocycles. The molecule has 5 heteroatoms. The Hall–Kier alpha value is -1.97. The number of isothiocyanates is 1. The predicted octanol–water partition coefficient (Wildman–Crippen LogP) is 3.52. The third kappa shape index (κ3) is 5.34. The standard InChI is InChI=1S/C15H17NO3S/c1-3-4-9-19-13-7-5-12(10-14(13)18-2)6-8-15(17)16-11-20/h5-8,10H,3-4,9H2,1-2H3/b8-6+. The number of aliphatic imine (C=N–C) groups is 1. The van der Waals surface area contributed by atoms with E-state index in [-0.39, 0.29) is 0 Å². The van der Waals surface area contributed by atoms with Crippen LogP contribution in [0.2, 0.25) is 0 Å². The Morgan fingerprint density at radius 2 is 2.25 bits per heavy atom. The number of amides is 1. The number of methoxy groups -OCH3 is 1. The summed E-state index contributed by atoms with van der Waals surface area (Å²) in [6.07, 6.45) is 5.03. The van der Waals surface area contributed by atoms with Gasteiger partial charge in [-0.3, -0.25) is 4.79 Å². The minimum Gasteiger partial charge on any atom is -0.493 e. The number of carbonyl (C=O) groups is 1. The van der Waals surface area contributed by atoms with Crippen molar-refractivity contribution in [3.8, 4) is 11.5 Å². The molecule has 106 valence electrons. The normalized spacial score (nSPS) is 10.1. The average Bonchev–Trinajstić information content (AvgIpc) is 2.46.